The van der Waals surface area contributed by atoms with E-state index in [9.17, 15) is 18.8 Å². The van der Waals surface area contributed by atoms with E-state index in [1.165, 1.54) is 24.3 Å². The largest absolute Gasteiger partial charge is 0.336 e. The van der Waals surface area contributed by atoms with Crippen LogP contribution in [0.2, 0.25) is 5.02 Å². The van der Waals surface area contributed by atoms with E-state index >= 15 is 0 Å². The predicted molar refractivity (Wildman–Crippen MR) is 124 cm³/mol. The molecule has 0 aromatic heterocycles. The highest BCUT2D eigenvalue weighted by atomic mass is 79.9. The third-order valence-corrected chi connectivity index (χ3v) is 5.80. The average molecular weight is 514 g/mol. The Bertz CT molecular complexity index is 1290. The number of barbiturate groups is 1. The molecule has 0 radical (unpaired) electrons. The number of hydrogen-bond acceptors (Lipinski definition) is 3. The number of halogens is 3. The van der Waals surface area contributed by atoms with Crippen LogP contribution >= 0.6 is 27.5 Å². The van der Waals surface area contributed by atoms with Gasteiger partial charge in [0.2, 0.25) is 0 Å². The highest BCUT2D eigenvalue weighted by Crippen LogP contribution is 2.28. The predicted octanol–water partition coefficient (Wildman–Crippen LogP) is 5.50. The number of hydrogen-bond donors (Lipinski definition) is 1. The number of carbonyl (C=O) groups is 3. The topological polar surface area (TPSA) is 66.5 Å². The Hall–Kier alpha value is -3.29. The molecule has 8 heteroatoms. The van der Waals surface area contributed by atoms with Crippen molar-refractivity contribution >= 4 is 57.1 Å². The van der Waals surface area contributed by atoms with Gasteiger partial charge in [0.15, 0.2) is 0 Å². The van der Waals surface area contributed by atoms with Gasteiger partial charge in [0.1, 0.15) is 11.4 Å². The molecule has 5 nitrogen and oxygen atoms in total. The van der Waals surface area contributed by atoms with Crippen LogP contribution in [0.1, 0.15) is 16.7 Å². The molecule has 4 rings (SSSR count). The first-order chi connectivity index (χ1) is 15.3. The van der Waals surface area contributed by atoms with E-state index in [4.69, 9.17) is 11.6 Å². The molecular weight excluding hydrogens is 499 g/mol. The maximum atomic E-state index is 14.3. The molecule has 1 saturated heterocycles. The maximum Gasteiger partial charge on any atom is 0.336 e. The van der Waals surface area contributed by atoms with Crippen LogP contribution in [-0.4, -0.2) is 17.8 Å². The Balaban J connectivity index is 1.77. The van der Waals surface area contributed by atoms with E-state index in [1.54, 1.807) is 12.1 Å². The number of amides is 4. The SMILES string of the molecule is O=C1NC(=O)N(c2ccccc2F)C(=O)/C1=C\c1cc(Br)ccc1Cc1ccccc1Cl. The Morgan fingerprint density at radius 1 is 0.969 bits per heavy atom. The third-order valence-electron chi connectivity index (χ3n) is 4.94. The highest BCUT2D eigenvalue weighted by molar-refractivity contribution is 9.10. The number of benzene rings is 3. The number of urea groups is 1. The summed E-state index contributed by atoms with van der Waals surface area (Å²) in [5.41, 5.74) is 1.74. The molecule has 0 atom stereocenters. The number of para-hydroxylation sites is 1. The van der Waals surface area contributed by atoms with Crippen LogP contribution in [0.3, 0.4) is 0 Å². The van der Waals surface area contributed by atoms with Gasteiger partial charge in [-0.2, -0.15) is 0 Å². The van der Waals surface area contributed by atoms with E-state index in [2.05, 4.69) is 21.2 Å². The van der Waals surface area contributed by atoms with Crippen molar-refractivity contribution in [2.24, 2.45) is 0 Å². The summed E-state index contributed by atoms with van der Waals surface area (Å²) in [6.45, 7) is 0. The highest BCUT2D eigenvalue weighted by Gasteiger charge is 2.38. The lowest BCUT2D eigenvalue weighted by molar-refractivity contribution is -0.122. The zero-order valence-corrected chi connectivity index (χ0v) is 18.8. The fourth-order valence-electron chi connectivity index (χ4n) is 3.37. The van der Waals surface area contributed by atoms with Gasteiger partial charge in [0.25, 0.3) is 11.8 Å². The quantitative estimate of drug-likeness (QED) is 0.370. The zero-order chi connectivity index (χ0) is 22.8. The van der Waals surface area contributed by atoms with Crippen LogP contribution in [0.25, 0.3) is 6.08 Å². The number of rotatable bonds is 4. The summed E-state index contributed by atoms with van der Waals surface area (Å²) >= 11 is 9.70. The van der Waals surface area contributed by atoms with Gasteiger partial charge < -0.3 is 0 Å². The fourth-order valence-corrected chi connectivity index (χ4v) is 3.95. The monoisotopic (exact) mass is 512 g/mol. The number of anilines is 1. The fraction of sp³-hybridized carbons (Fsp3) is 0.0417. The third kappa shape index (κ3) is 4.35. The first-order valence-corrected chi connectivity index (χ1v) is 10.7. The van der Waals surface area contributed by atoms with Crippen LogP contribution in [0.15, 0.2) is 76.8 Å². The summed E-state index contributed by atoms with van der Waals surface area (Å²) in [5, 5.41) is 2.70. The van der Waals surface area contributed by atoms with Crippen molar-refractivity contribution in [1.82, 2.24) is 5.32 Å². The van der Waals surface area contributed by atoms with E-state index < -0.39 is 23.7 Å². The molecule has 1 fully saturated rings. The number of carbonyl (C=O) groups excluding carboxylic acids is 3. The van der Waals surface area contributed by atoms with Gasteiger partial charge in [-0.15, -0.1) is 0 Å². The molecular formula is C24H15BrClFN2O3. The van der Waals surface area contributed by atoms with Crippen LogP contribution < -0.4 is 10.2 Å². The second-order valence-electron chi connectivity index (χ2n) is 7.02. The Kier molecular flexibility index (Phi) is 6.21. The molecule has 4 amide bonds. The second kappa shape index (κ2) is 9.06. The maximum absolute atomic E-state index is 14.3. The lowest BCUT2D eigenvalue weighted by Gasteiger charge is -2.26. The number of nitrogens with zero attached hydrogens (tertiary/aromatic N) is 1. The summed E-state index contributed by atoms with van der Waals surface area (Å²) < 4.78 is 15.0. The van der Waals surface area contributed by atoms with Crippen molar-refractivity contribution in [3.05, 3.63) is 104 Å². The molecule has 3 aromatic carbocycles. The number of nitrogens with one attached hydrogen (secondary N) is 1. The molecule has 1 heterocycles. The van der Waals surface area contributed by atoms with Gasteiger partial charge in [-0.1, -0.05) is 63.9 Å². The molecule has 160 valence electrons. The van der Waals surface area contributed by atoms with Crippen molar-refractivity contribution in [3.63, 3.8) is 0 Å². The van der Waals surface area contributed by atoms with Crippen molar-refractivity contribution in [3.8, 4) is 0 Å². The zero-order valence-electron chi connectivity index (χ0n) is 16.4. The second-order valence-corrected chi connectivity index (χ2v) is 8.34. The van der Waals surface area contributed by atoms with Crippen molar-refractivity contribution < 1.29 is 18.8 Å². The Morgan fingerprint density at radius 2 is 1.69 bits per heavy atom. The van der Waals surface area contributed by atoms with Crippen molar-refractivity contribution in [2.75, 3.05) is 4.90 Å². The first-order valence-electron chi connectivity index (χ1n) is 9.53. The van der Waals surface area contributed by atoms with Gasteiger partial charge in [-0.05, 0) is 59.5 Å². The first kappa shape index (κ1) is 21.9. The molecule has 0 unspecified atom stereocenters. The standard InChI is InChI=1S/C24H15BrClFN2O3/c25-17-10-9-14(11-15-5-1-2-6-19(15)26)16(12-17)13-18-22(30)28-24(32)29(23(18)31)21-8-4-3-7-20(21)27/h1-10,12-13H,11H2,(H,28,30,32)/b18-13-. The van der Waals surface area contributed by atoms with Crippen molar-refractivity contribution in [1.29, 1.82) is 0 Å². The lowest BCUT2D eigenvalue weighted by Crippen LogP contribution is -2.54. The van der Waals surface area contributed by atoms with Crippen LogP contribution in [0.4, 0.5) is 14.9 Å². The molecule has 32 heavy (non-hydrogen) atoms. The van der Waals surface area contributed by atoms with Gasteiger partial charge in [-0.25, -0.2) is 14.1 Å². The lowest BCUT2D eigenvalue weighted by atomic mass is 9.97. The van der Waals surface area contributed by atoms with Crippen LogP contribution in [0, 0.1) is 5.82 Å². The average Bonchev–Trinajstić information content (AvgIpc) is 2.75. The van der Waals surface area contributed by atoms with E-state index in [0.717, 1.165) is 21.7 Å². The number of imide groups is 2. The van der Waals surface area contributed by atoms with Gasteiger partial charge in [0, 0.05) is 9.50 Å². The summed E-state index contributed by atoms with van der Waals surface area (Å²) in [6.07, 6.45) is 1.85. The van der Waals surface area contributed by atoms with Crippen LogP contribution in [0.5, 0.6) is 0 Å². The molecule has 3 aromatic rings. The van der Waals surface area contributed by atoms with E-state index in [1.807, 2.05) is 30.3 Å². The molecule has 0 spiro atoms. The molecule has 1 N–H and O–H groups in total. The Labute approximate surface area is 196 Å². The van der Waals surface area contributed by atoms with Crippen molar-refractivity contribution in [2.45, 2.75) is 6.42 Å². The summed E-state index contributed by atoms with van der Waals surface area (Å²) in [5.74, 6) is -2.52. The van der Waals surface area contributed by atoms with E-state index in [-0.39, 0.29) is 11.3 Å². The molecule has 0 bridgehead atoms. The molecule has 0 aliphatic carbocycles. The summed E-state index contributed by atoms with van der Waals surface area (Å²) in [4.78, 5) is 38.5. The molecule has 1 aliphatic rings. The van der Waals surface area contributed by atoms with Gasteiger partial charge in [0.05, 0.1) is 5.69 Å². The van der Waals surface area contributed by atoms with Gasteiger partial charge in [-0.3, -0.25) is 14.9 Å². The minimum absolute atomic E-state index is 0.237. The summed E-state index contributed by atoms with van der Waals surface area (Å²) in [6, 6.07) is 17.2. The van der Waals surface area contributed by atoms with Crippen LogP contribution in [-0.2, 0) is 16.0 Å². The smallest absolute Gasteiger partial charge is 0.273 e. The summed E-state index contributed by atoms with van der Waals surface area (Å²) in [7, 11) is 0. The minimum Gasteiger partial charge on any atom is -0.273 e. The molecule has 0 saturated carbocycles. The van der Waals surface area contributed by atoms with E-state index in [0.29, 0.717) is 21.9 Å². The van der Waals surface area contributed by atoms with Gasteiger partial charge >= 0.3 is 6.03 Å². The minimum atomic E-state index is -1.01. The molecule has 1 aliphatic heterocycles. The normalized spacial score (nSPS) is 15.3. The Morgan fingerprint density at radius 3 is 2.44 bits per heavy atom.